The minimum absolute atomic E-state index is 0.178. The van der Waals surface area contributed by atoms with Gasteiger partial charge in [0, 0.05) is 18.5 Å². The van der Waals surface area contributed by atoms with Gasteiger partial charge in [-0.25, -0.2) is 5.43 Å². The monoisotopic (exact) mass is 304 g/mol. The zero-order valence-electron chi connectivity index (χ0n) is 14.2. The van der Waals surface area contributed by atoms with Gasteiger partial charge in [0.25, 0.3) is 5.91 Å². The molecular weight excluding hydrogens is 276 g/mol. The van der Waals surface area contributed by atoms with E-state index in [2.05, 4.69) is 36.4 Å². The maximum Gasteiger partial charge on any atom is 0.274 e. The Morgan fingerprint density at radius 1 is 1.41 bits per heavy atom. The molecule has 1 aromatic rings. The molecule has 1 heterocycles. The molecule has 2 rings (SSSR count). The Morgan fingerprint density at radius 3 is 2.64 bits per heavy atom. The van der Waals surface area contributed by atoms with Crippen LogP contribution in [0.15, 0.2) is 17.5 Å². The number of nitrogens with one attached hydrogen (secondary N) is 1. The lowest BCUT2D eigenvalue weighted by Crippen LogP contribution is -2.29. The summed E-state index contributed by atoms with van der Waals surface area (Å²) in [6.45, 7) is 9.72. The number of hydrogen-bond acceptors (Lipinski definition) is 3. The van der Waals surface area contributed by atoms with Crippen molar-refractivity contribution < 1.29 is 4.79 Å². The molecule has 1 N–H and O–H groups in total. The summed E-state index contributed by atoms with van der Waals surface area (Å²) in [7, 11) is 0. The van der Waals surface area contributed by atoms with Crippen LogP contribution in [-0.4, -0.2) is 21.4 Å². The summed E-state index contributed by atoms with van der Waals surface area (Å²) in [5, 5.41) is 8.42. The van der Waals surface area contributed by atoms with Crippen molar-refractivity contribution in [2.75, 3.05) is 0 Å². The van der Waals surface area contributed by atoms with Gasteiger partial charge in [-0.3, -0.25) is 9.48 Å². The smallest absolute Gasteiger partial charge is 0.272 e. The van der Waals surface area contributed by atoms with Gasteiger partial charge < -0.3 is 0 Å². The van der Waals surface area contributed by atoms with Gasteiger partial charge >= 0.3 is 0 Å². The third kappa shape index (κ3) is 3.96. The average Bonchev–Trinajstić information content (AvgIpc) is 3.02. The normalized spacial score (nSPS) is 19.1. The number of hydrazone groups is 1. The molecule has 0 aromatic carbocycles. The van der Waals surface area contributed by atoms with Crippen molar-refractivity contribution in [2.45, 2.75) is 66.3 Å². The third-order valence-corrected chi connectivity index (χ3v) is 5.11. The van der Waals surface area contributed by atoms with Crippen molar-refractivity contribution in [2.24, 2.45) is 16.4 Å². The van der Waals surface area contributed by atoms with Crippen molar-refractivity contribution in [1.29, 1.82) is 0 Å². The molecule has 0 saturated heterocycles. The van der Waals surface area contributed by atoms with Crippen LogP contribution in [0.25, 0.3) is 0 Å². The first kappa shape index (κ1) is 16.7. The van der Waals surface area contributed by atoms with E-state index < -0.39 is 0 Å². The van der Waals surface area contributed by atoms with E-state index in [-0.39, 0.29) is 5.91 Å². The van der Waals surface area contributed by atoms with Crippen LogP contribution in [0.3, 0.4) is 0 Å². The number of aromatic nitrogens is 2. The lowest BCUT2D eigenvalue weighted by Gasteiger charge is -2.36. The molecule has 0 atom stereocenters. The number of rotatable bonds is 5. The van der Waals surface area contributed by atoms with Crippen LogP contribution in [0.1, 0.15) is 70.2 Å². The van der Waals surface area contributed by atoms with Crippen LogP contribution in [0.4, 0.5) is 0 Å². The first-order valence-corrected chi connectivity index (χ1v) is 8.34. The molecule has 1 aliphatic rings. The summed E-state index contributed by atoms with van der Waals surface area (Å²) in [5.41, 5.74) is 4.75. The van der Waals surface area contributed by atoms with Crippen molar-refractivity contribution in [1.82, 2.24) is 15.2 Å². The van der Waals surface area contributed by atoms with Crippen molar-refractivity contribution in [3.05, 3.63) is 18.0 Å². The Morgan fingerprint density at radius 2 is 2.09 bits per heavy atom. The average molecular weight is 304 g/mol. The van der Waals surface area contributed by atoms with Gasteiger partial charge in [-0.05, 0) is 43.9 Å². The van der Waals surface area contributed by atoms with Crippen LogP contribution >= 0.6 is 0 Å². The molecule has 1 saturated carbocycles. The molecule has 0 unspecified atom stereocenters. The lowest BCUT2D eigenvalue weighted by molar-refractivity contribution is 0.0954. The molecule has 22 heavy (non-hydrogen) atoms. The molecular formula is C17H28N4O. The lowest BCUT2D eigenvalue weighted by atomic mass is 9.69. The number of nitrogens with zero attached hydrogens (tertiary/aromatic N) is 3. The van der Waals surface area contributed by atoms with Crippen molar-refractivity contribution in [3.63, 3.8) is 0 Å². The molecule has 5 nitrogen and oxygen atoms in total. The SMILES string of the molecule is CCn1cc(C(=O)NN=C2CCC(C(C)(C)CC)CC2)cn1. The summed E-state index contributed by atoms with van der Waals surface area (Å²) in [5.74, 6) is 0.582. The van der Waals surface area contributed by atoms with E-state index in [1.165, 1.54) is 19.3 Å². The van der Waals surface area contributed by atoms with Gasteiger partial charge in [-0.2, -0.15) is 10.2 Å². The summed E-state index contributed by atoms with van der Waals surface area (Å²) in [6.07, 6.45) is 8.86. The summed E-state index contributed by atoms with van der Waals surface area (Å²) >= 11 is 0. The predicted molar refractivity (Wildman–Crippen MR) is 88.8 cm³/mol. The van der Waals surface area contributed by atoms with Crippen molar-refractivity contribution >= 4 is 11.6 Å². The van der Waals surface area contributed by atoms with Crippen molar-refractivity contribution in [3.8, 4) is 0 Å². The maximum atomic E-state index is 12.0. The van der Waals surface area contributed by atoms with Gasteiger partial charge in [-0.15, -0.1) is 0 Å². The number of carbonyl (C=O) groups excluding carboxylic acids is 1. The van der Waals surface area contributed by atoms with E-state index in [1.807, 2.05) is 6.92 Å². The highest BCUT2D eigenvalue weighted by Crippen LogP contribution is 2.39. The second-order valence-electron chi connectivity index (χ2n) is 6.82. The highest BCUT2D eigenvalue weighted by molar-refractivity contribution is 5.95. The van der Waals surface area contributed by atoms with Gasteiger partial charge in [-0.1, -0.05) is 27.2 Å². The fourth-order valence-corrected chi connectivity index (χ4v) is 2.98. The molecule has 1 fully saturated rings. The first-order chi connectivity index (χ1) is 10.5. The van der Waals surface area contributed by atoms with E-state index in [1.54, 1.807) is 17.1 Å². The predicted octanol–water partition coefficient (Wildman–Crippen LogP) is 3.62. The Bertz CT molecular complexity index is 535. The molecule has 0 aliphatic heterocycles. The number of aryl methyl sites for hydroxylation is 1. The van der Waals surface area contributed by atoms with Gasteiger partial charge in [0.05, 0.1) is 11.8 Å². The van der Waals surface area contributed by atoms with E-state index in [4.69, 9.17) is 0 Å². The van der Waals surface area contributed by atoms with Gasteiger partial charge in [0.2, 0.25) is 0 Å². The molecule has 1 aliphatic carbocycles. The van der Waals surface area contributed by atoms with Crippen LogP contribution in [-0.2, 0) is 6.54 Å². The number of amides is 1. The third-order valence-electron chi connectivity index (χ3n) is 5.11. The second kappa shape index (κ2) is 7.07. The Balaban J connectivity index is 1.86. The van der Waals surface area contributed by atoms with Crippen LogP contribution < -0.4 is 5.43 Å². The largest absolute Gasteiger partial charge is 0.274 e. The van der Waals surface area contributed by atoms with E-state index in [9.17, 15) is 4.79 Å². The van der Waals surface area contributed by atoms with Gasteiger partial charge in [0.15, 0.2) is 0 Å². The summed E-state index contributed by atoms with van der Waals surface area (Å²) < 4.78 is 1.74. The molecule has 0 radical (unpaired) electrons. The van der Waals surface area contributed by atoms with Gasteiger partial charge in [0.1, 0.15) is 0 Å². The molecule has 0 bridgehead atoms. The number of carbonyl (C=O) groups is 1. The standard InChI is InChI=1S/C17H28N4O/c1-5-17(3,4)14-7-9-15(10-8-14)19-20-16(22)13-11-18-21(6-2)12-13/h11-12,14H,5-10H2,1-4H3,(H,20,22). The zero-order valence-corrected chi connectivity index (χ0v) is 14.2. The first-order valence-electron chi connectivity index (χ1n) is 8.34. The molecule has 0 spiro atoms. The van der Waals surface area contributed by atoms with Crippen LogP contribution in [0.5, 0.6) is 0 Å². The molecule has 122 valence electrons. The van der Waals surface area contributed by atoms with Crippen LogP contribution in [0, 0.1) is 11.3 Å². The molecule has 5 heteroatoms. The summed E-state index contributed by atoms with van der Waals surface area (Å²) in [6, 6.07) is 0. The highest BCUT2D eigenvalue weighted by atomic mass is 16.2. The minimum Gasteiger partial charge on any atom is -0.272 e. The number of hydrogen-bond donors (Lipinski definition) is 1. The zero-order chi connectivity index (χ0) is 16.2. The van der Waals surface area contributed by atoms with E-state index >= 15 is 0 Å². The fourth-order valence-electron chi connectivity index (χ4n) is 2.98. The van der Waals surface area contributed by atoms with Crippen LogP contribution in [0.2, 0.25) is 0 Å². The topological polar surface area (TPSA) is 59.3 Å². The second-order valence-corrected chi connectivity index (χ2v) is 6.82. The minimum atomic E-state index is -0.178. The Labute approximate surface area is 133 Å². The molecule has 1 aromatic heterocycles. The van der Waals surface area contributed by atoms with E-state index in [0.717, 1.165) is 31.0 Å². The maximum absolute atomic E-state index is 12.0. The Kier molecular flexibility index (Phi) is 5.37. The Hall–Kier alpha value is -1.65. The summed E-state index contributed by atoms with van der Waals surface area (Å²) in [4.78, 5) is 12.0. The fraction of sp³-hybridized carbons (Fsp3) is 0.706. The highest BCUT2D eigenvalue weighted by Gasteiger charge is 2.30. The van der Waals surface area contributed by atoms with E-state index in [0.29, 0.717) is 11.0 Å². The quantitative estimate of drug-likeness (QED) is 0.845. The molecule has 1 amide bonds.